The van der Waals surface area contributed by atoms with Gasteiger partial charge in [0, 0.05) is 76.0 Å². The molecular formula is C22H31N5O3. The van der Waals surface area contributed by atoms with Crippen LogP contribution in [0.1, 0.15) is 61.9 Å². The molecule has 5 heterocycles. The number of H-pyrrole nitrogens is 1. The van der Waals surface area contributed by atoms with Crippen molar-refractivity contribution in [3.05, 3.63) is 33.4 Å². The summed E-state index contributed by atoms with van der Waals surface area (Å²) in [5.74, 6) is 0.431. The Morgan fingerprint density at radius 1 is 1.27 bits per heavy atom. The molecule has 2 aromatic heterocycles. The van der Waals surface area contributed by atoms with Crippen LogP contribution in [-0.4, -0.2) is 69.2 Å². The van der Waals surface area contributed by atoms with Crippen LogP contribution in [0, 0.1) is 0 Å². The van der Waals surface area contributed by atoms with Gasteiger partial charge in [0.15, 0.2) is 5.65 Å². The number of aromatic nitrogens is 3. The van der Waals surface area contributed by atoms with Crippen molar-refractivity contribution in [3.63, 3.8) is 0 Å². The van der Waals surface area contributed by atoms with Gasteiger partial charge in [0.2, 0.25) is 5.91 Å². The number of ether oxygens (including phenoxy) is 1. The van der Waals surface area contributed by atoms with Crippen molar-refractivity contribution in [1.82, 2.24) is 24.4 Å². The van der Waals surface area contributed by atoms with Gasteiger partial charge in [0.1, 0.15) is 0 Å². The van der Waals surface area contributed by atoms with Crippen LogP contribution in [-0.2, 0) is 22.5 Å². The Balaban J connectivity index is 1.41. The van der Waals surface area contributed by atoms with Gasteiger partial charge in [-0.05, 0) is 25.7 Å². The van der Waals surface area contributed by atoms with E-state index in [1.165, 1.54) is 0 Å². The lowest BCUT2D eigenvalue weighted by Crippen LogP contribution is -2.44. The van der Waals surface area contributed by atoms with Gasteiger partial charge in [0.25, 0.3) is 5.56 Å². The Kier molecular flexibility index (Phi) is 5.37. The molecule has 30 heavy (non-hydrogen) atoms. The number of fused-ring (bicyclic) bond motifs is 2. The average molecular weight is 414 g/mol. The first kappa shape index (κ1) is 19.8. The number of nitrogens with one attached hydrogen (secondary N) is 1. The molecule has 0 spiro atoms. The van der Waals surface area contributed by atoms with E-state index in [0.717, 1.165) is 75.4 Å². The fourth-order valence-electron chi connectivity index (χ4n) is 5.27. The molecule has 1 atom stereocenters. The summed E-state index contributed by atoms with van der Waals surface area (Å²) in [6, 6.07) is 2.51. The van der Waals surface area contributed by atoms with Gasteiger partial charge >= 0.3 is 0 Å². The summed E-state index contributed by atoms with van der Waals surface area (Å²) in [5, 5.41) is 3.32. The van der Waals surface area contributed by atoms with Crippen molar-refractivity contribution < 1.29 is 9.53 Å². The number of amides is 1. The van der Waals surface area contributed by atoms with Crippen molar-refractivity contribution in [2.45, 2.75) is 64.0 Å². The van der Waals surface area contributed by atoms with Crippen LogP contribution in [0.2, 0.25) is 0 Å². The molecule has 8 heteroatoms. The molecule has 3 aliphatic rings. The zero-order valence-corrected chi connectivity index (χ0v) is 17.7. The lowest BCUT2D eigenvalue weighted by molar-refractivity contribution is -0.132. The monoisotopic (exact) mass is 413 g/mol. The number of hydrogen-bond donors (Lipinski definition) is 1. The molecule has 162 valence electrons. The van der Waals surface area contributed by atoms with Crippen LogP contribution >= 0.6 is 0 Å². The van der Waals surface area contributed by atoms with Gasteiger partial charge in [-0.1, -0.05) is 6.92 Å². The number of piperidine rings is 1. The highest BCUT2D eigenvalue weighted by atomic mass is 16.5. The van der Waals surface area contributed by atoms with E-state index >= 15 is 0 Å². The largest absolute Gasteiger partial charge is 0.381 e. The molecule has 1 N–H and O–H groups in total. The van der Waals surface area contributed by atoms with Gasteiger partial charge < -0.3 is 9.64 Å². The normalized spacial score (nSPS) is 23.6. The lowest BCUT2D eigenvalue weighted by Gasteiger charge is -2.36. The molecule has 2 saturated heterocycles. The summed E-state index contributed by atoms with van der Waals surface area (Å²) < 4.78 is 7.11. The highest BCUT2D eigenvalue weighted by Crippen LogP contribution is 2.27. The summed E-state index contributed by atoms with van der Waals surface area (Å²) >= 11 is 0. The fraction of sp³-hybridized carbons (Fsp3) is 0.682. The maximum absolute atomic E-state index is 13.3. The topological polar surface area (TPSA) is 82.9 Å². The van der Waals surface area contributed by atoms with Crippen LogP contribution in [0.4, 0.5) is 0 Å². The number of hydrogen-bond acceptors (Lipinski definition) is 5. The van der Waals surface area contributed by atoms with Crippen molar-refractivity contribution in [2.24, 2.45) is 0 Å². The minimum absolute atomic E-state index is 0.0234. The Labute approximate surface area is 176 Å². The third-order valence-corrected chi connectivity index (χ3v) is 7.03. The number of carbonyl (C=O) groups is 1. The number of nitrogens with zero attached hydrogens (tertiary/aromatic N) is 4. The zero-order chi connectivity index (χ0) is 20.7. The quantitative estimate of drug-likeness (QED) is 0.828. The Morgan fingerprint density at radius 2 is 2.10 bits per heavy atom. The van der Waals surface area contributed by atoms with E-state index < -0.39 is 0 Å². The smallest absolute Gasteiger partial charge is 0.277 e. The molecule has 1 amide bonds. The van der Waals surface area contributed by atoms with Gasteiger partial charge in [-0.25, -0.2) is 9.50 Å². The van der Waals surface area contributed by atoms with Crippen LogP contribution in [0.15, 0.2) is 10.9 Å². The molecule has 0 aliphatic carbocycles. The van der Waals surface area contributed by atoms with Crippen LogP contribution in [0.5, 0.6) is 0 Å². The summed E-state index contributed by atoms with van der Waals surface area (Å²) in [6.07, 6.45) is 5.44. The molecule has 0 aromatic carbocycles. The lowest BCUT2D eigenvalue weighted by atomic mass is 9.94. The molecular weight excluding hydrogens is 382 g/mol. The molecule has 0 radical (unpaired) electrons. The number of aromatic amines is 1. The predicted molar refractivity (Wildman–Crippen MR) is 113 cm³/mol. The third-order valence-electron chi connectivity index (χ3n) is 7.03. The van der Waals surface area contributed by atoms with Crippen LogP contribution in [0.3, 0.4) is 0 Å². The Hall–Kier alpha value is -2.19. The van der Waals surface area contributed by atoms with E-state index in [4.69, 9.17) is 9.72 Å². The molecule has 5 rings (SSSR count). The molecule has 3 aliphatic heterocycles. The molecule has 2 fully saturated rings. The summed E-state index contributed by atoms with van der Waals surface area (Å²) in [6.45, 7) is 6.70. The second-order valence-electron chi connectivity index (χ2n) is 8.84. The van der Waals surface area contributed by atoms with E-state index in [0.29, 0.717) is 31.2 Å². The van der Waals surface area contributed by atoms with Crippen LogP contribution in [0.25, 0.3) is 5.65 Å². The van der Waals surface area contributed by atoms with E-state index in [1.54, 1.807) is 4.52 Å². The first-order valence-electron chi connectivity index (χ1n) is 11.4. The first-order valence-corrected chi connectivity index (χ1v) is 11.4. The SMILES string of the molecule is CCC(=O)N1CCC[C@@H](c2cc3nc4c(c(=O)n3[nH]2)CN(C2CCOCC2)CC4)C1. The fourth-order valence-corrected chi connectivity index (χ4v) is 5.27. The molecule has 0 bridgehead atoms. The molecule has 0 unspecified atom stereocenters. The van der Waals surface area contributed by atoms with Crippen LogP contribution < -0.4 is 5.56 Å². The molecule has 2 aromatic rings. The summed E-state index contributed by atoms with van der Waals surface area (Å²) in [4.78, 5) is 34.7. The number of carbonyl (C=O) groups excluding carboxylic acids is 1. The van der Waals surface area contributed by atoms with Gasteiger partial charge in [-0.3, -0.25) is 19.6 Å². The predicted octanol–water partition coefficient (Wildman–Crippen LogP) is 1.68. The highest BCUT2D eigenvalue weighted by Gasteiger charge is 2.30. The van der Waals surface area contributed by atoms with E-state index in [1.807, 2.05) is 17.9 Å². The number of rotatable bonds is 3. The van der Waals surface area contributed by atoms with Gasteiger partial charge in [-0.15, -0.1) is 0 Å². The van der Waals surface area contributed by atoms with Gasteiger partial charge in [0.05, 0.1) is 11.3 Å². The van der Waals surface area contributed by atoms with Crippen molar-refractivity contribution in [3.8, 4) is 0 Å². The summed E-state index contributed by atoms with van der Waals surface area (Å²) in [7, 11) is 0. The maximum Gasteiger partial charge on any atom is 0.277 e. The second-order valence-corrected chi connectivity index (χ2v) is 8.84. The van der Waals surface area contributed by atoms with Gasteiger partial charge in [-0.2, -0.15) is 0 Å². The van der Waals surface area contributed by atoms with Crippen molar-refractivity contribution in [1.29, 1.82) is 0 Å². The maximum atomic E-state index is 13.3. The first-order chi connectivity index (χ1) is 14.6. The number of likely N-dealkylation sites (tertiary alicyclic amines) is 1. The molecule has 8 nitrogen and oxygen atoms in total. The zero-order valence-electron chi connectivity index (χ0n) is 17.7. The minimum atomic E-state index is 0.0234. The van der Waals surface area contributed by atoms with Crippen molar-refractivity contribution in [2.75, 3.05) is 32.8 Å². The Morgan fingerprint density at radius 3 is 2.90 bits per heavy atom. The molecule has 0 saturated carbocycles. The Bertz CT molecular complexity index is 991. The summed E-state index contributed by atoms with van der Waals surface area (Å²) in [5.41, 5.74) is 3.50. The second kappa shape index (κ2) is 8.15. The highest BCUT2D eigenvalue weighted by molar-refractivity contribution is 5.76. The third kappa shape index (κ3) is 3.56. The average Bonchev–Trinajstić information content (AvgIpc) is 3.24. The standard InChI is InChI=1S/C22H31N5O3/c1-2-21(28)26-8-3-4-15(13-26)19-12-20-23-18-5-9-25(16-6-10-30-11-7-16)14-17(18)22(29)27(20)24-19/h12,15-16,24H,2-11,13-14H2,1H3/t15-/m1/s1. The van der Waals surface area contributed by atoms with E-state index in [2.05, 4.69) is 10.00 Å². The van der Waals surface area contributed by atoms with Crippen molar-refractivity contribution >= 4 is 11.6 Å². The van der Waals surface area contributed by atoms with E-state index in [-0.39, 0.29) is 17.4 Å². The minimum Gasteiger partial charge on any atom is -0.381 e. The van der Waals surface area contributed by atoms with E-state index in [9.17, 15) is 9.59 Å².